The van der Waals surface area contributed by atoms with E-state index in [2.05, 4.69) is 10.2 Å². The summed E-state index contributed by atoms with van der Waals surface area (Å²) in [5.74, 6) is -1.00. The van der Waals surface area contributed by atoms with Gasteiger partial charge < -0.3 is 31.3 Å². The van der Waals surface area contributed by atoms with Gasteiger partial charge in [0.1, 0.15) is 5.56 Å². The summed E-state index contributed by atoms with van der Waals surface area (Å²) in [6.07, 6.45) is 1.21. The van der Waals surface area contributed by atoms with Crippen LogP contribution in [0, 0.1) is 10.1 Å². The molecule has 0 spiro atoms. The van der Waals surface area contributed by atoms with Crippen LogP contribution in [-0.2, 0) is 0 Å². The van der Waals surface area contributed by atoms with Crippen molar-refractivity contribution >= 4 is 18.1 Å². The summed E-state index contributed by atoms with van der Waals surface area (Å²) in [6, 6.07) is 3.07. The van der Waals surface area contributed by atoms with E-state index in [1.54, 1.807) is 6.07 Å². The van der Waals surface area contributed by atoms with Gasteiger partial charge in [-0.25, -0.2) is 4.79 Å². The highest BCUT2D eigenvalue weighted by atomic mass is 16.9. The maximum absolute atomic E-state index is 11.3. The highest BCUT2D eigenvalue weighted by molar-refractivity contribution is 6.01. The van der Waals surface area contributed by atoms with E-state index in [0.717, 1.165) is 0 Å². The number of guanidine groups is 1. The van der Waals surface area contributed by atoms with E-state index in [9.17, 15) is 9.90 Å². The van der Waals surface area contributed by atoms with Crippen molar-refractivity contribution < 1.29 is 29.7 Å². The smallest absolute Gasteiger partial charge is 0.340 e. The molecule has 0 saturated heterocycles. The number of nitrogens with zero attached hydrogens (tertiary/aromatic N) is 3. The van der Waals surface area contributed by atoms with Crippen LogP contribution in [-0.4, -0.2) is 47.8 Å². The summed E-state index contributed by atoms with van der Waals surface area (Å²) in [5.41, 5.74) is 10.4. The number of methoxy groups -OCH3 is 2. The predicted octanol–water partition coefficient (Wildman–Crippen LogP) is -0.338. The summed E-state index contributed by atoms with van der Waals surface area (Å²) in [7, 11) is 2.76. The first-order valence-corrected chi connectivity index (χ1v) is 5.68. The first kappa shape index (κ1) is 19.4. The molecule has 0 aliphatic carbocycles. The number of carboxylic acid groups (broad SMARTS) is 1. The van der Waals surface area contributed by atoms with Gasteiger partial charge in [-0.1, -0.05) is 0 Å². The Bertz CT molecular complexity index is 621. The Morgan fingerprint density at radius 1 is 1.35 bits per heavy atom. The second-order valence-electron chi connectivity index (χ2n) is 3.58. The Hall–Kier alpha value is -3.57. The molecule has 23 heavy (non-hydrogen) atoms. The van der Waals surface area contributed by atoms with Gasteiger partial charge in [0.15, 0.2) is 11.5 Å². The Balaban J connectivity index is 0.00000108. The fraction of sp³-hybridized carbons (Fsp3) is 0.182. The van der Waals surface area contributed by atoms with E-state index >= 15 is 0 Å². The molecule has 1 aromatic rings. The minimum atomic E-state index is -1.50. The molecule has 0 unspecified atom stereocenters. The molecule has 6 N–H and O–H groups in total. The van der Waals surface area contributed by atoms with Crippen molar-refractivity contribution in [3.8, 4) is 11.5 Å². The Labute approximate surface area is 129 Å². The largest absolute Gasteiger partial charge is 0.493 e. The molecular formula is C11H15N5O7. The van der Waals surface area contributed by atoms with E-state index < -0.39 is 11.1 Å². The molecule has 1 aromatic carbocycles. The monoisotopic (exact) mass is 329 g/mol. The van der Waals surface area contributed by atoms with Crippen LogP contribution in [0.1, 0.15) is 15.9 Å². The highest BCUT2D eigenvalue weighted by Crippen LogP contribution is 2.32. The fourth-order valence-electron chi connectivity index (χ4n) is 1.43. The quantitative estimate of drug-likeness (QED) is 0.241. The van der Waals surface area contributed by atoms with Crippen LogP contribution in [0.5, 0.6) is 11.5 Å². The Morgan fingerprint density at radius 3 is 2.30 bits per heavy atom. The average Bonchev–Trinajstić information content (AvgIpc) is 2.45. The molecule has 0 aromatic heterocycles. The number of hydrogen-bond acceptors (Lipinski definition) is 7. The van der Waals surface area contributed by atoms with Crippen LogP contribution in [0.4, 0.5) is 0 Å². The number of nitrogens with two attached hydrogens (primary N) is 2. The Morgan fingerprint density at radius 2 is 1.91 bits per heavy atom. The molecule has 0 bridgehead atoms. The van der Waals surface area contributed by atoms with Gasteiger partial charge in [-0.2, -0.15) is 5.10 Å². The molecular weight excluding hydrogens is 314 g/mol. The van der Waals surface area contributed by atoms with Crippen molar-refractivity contribution in [1.82, 2.24) is 0 Å². The molecule has 0 aliphatic heterocycles. The number of ether oxygens (including phenoxy) is 2. The van der Waals surface area contributed by atoms with Crippen LogP contribution in [0.3, 0.4) is 0 Å². The molecule has 12 heteroatoms. The topological polar surface area (TPSA) is 196 Å². The number of hydrogen-bond donors (Lipinski definition) is 4. The maximum atomic E-state index is 11.3. The van der Waals surface area contributed by atoms with Gasteiger partial charge in [-0.15, -0.1) is 15.2 Å². The summed E-state index contributed by atoms with van der Waals surface area (Å²) in [6.45, 7) is 0. The SMILES string of the molecule is COc1ccc(/C=N/N=C(N)N)c(C(=O)O)c1OC.O=[N+]([O-])O. The zero-order valence-corrected chi connectivity index (χ0v) is 12.2. The van der Waals surface area contributed by atoms with Gasteiger partial charge in [0.25, 0.3) is 5.09 Å². The van der Waals surface area contributed by atoms with Gasteiger partial charge in [0, 0.05) is 5.56 Å². The van der Waals surface area contributed by atoms with E-state index in [4.69, 9.17) is 36.3 Å². The van der Waals surface area contributed by atoms with Gasteiger partial charge in [-0.05, 0) is 12.1 Å². The molecule has 0 saturated carbocycles. The minimum Gasteiger partial charge on any atom is -0.493 e. The van der Waals surface area contributed by atoms with Crippen molar-refractivity contribution in [3.05, 3.63) is 33.4 Å². The van der Waals surface area contributed by atoms with E-state index in [1.807, 2.05) is 0 Å². The lowest BCUT2D eigenvalue weighted by Crippen LogP contribution is -2.21. The van der Waals surface area contributed by atoms with E-state index in [-0.39, 0.29) is 22.8 Å². The third-order valence-electron chi connectivity index (χ3n) is 2.16. The molecule has 0 heterocycles. The molecule has 0 amide bonds. The third-order valence-corrected chi connectivity index (χ3v) is 2.16. The fourth-order valence-corrected chi connectivity index (χ4v) is 1.43. The highest BCUT2D eigenvalue weighted by Gasteiger charge is 2.19. The van der Waals surface area contributed by atoms with Crippen molar-refractivity contribution in [1.29, 1.82) is 0 Å². The average molecular weight is 329 g/mol. The van der Waals surface area contributed by atoms with Crippen LogP contribution in [0.15, 0.2) is 22.3 Å². The zero-order valence-electron chi connectivity index (χ0n) is 12.2. The predicted molar refractivity (Wildman–Crippen MR) is 78.7 cm³/mol. The number of carbonyl (C=O) groups is 1. The summed E-state index contributed by atoms with van der Waals surface area (Å²) in [5, 5.41) is 29.8. The second kappa shape index (κ2) is 9.38. The van der Waals surface area contributed by atoms with E-state index in [0.29, 0.717) is 5.75 Å². The van der Waals surface area contributed by atoms with Crippen LogP contribution in [0.2, 0.25) is 0 Å². The molecule has 0 atom stereocenters. The maximum Gasteiger partial charge on any atom is 0.340 e. The third kappa shape index (κ3) is 6.61. The van der Waals surface area contributed by atoms with Crippen molar-refractivity contribution in [2.75, 3.05) is 14.2 Å². The number of carboxylic acids is 1. The summed E-state index contributed by atoms with van der Waals surface area (Å²) in [4.78, 5) is 19.6. The molecule has 12 nitrogen and oxygen atoms in total. The van der Waals surface area contributed by atoms with Gasteiger partial charge >= 0.3 is 5.97 Å². The van der Waals surface area contributed by atoms with Crippen molar-refractivity contribution in [2.24, 2.45) is 21.7 Å². The van der Waals surface area contributed by atoms with E-state index in [1.165, 1.54) is 26.5 Å². The Kier molecular flexibility index (Phi) is 7.93. The van der Waals surface area contributed by atoms with Crippen LogP contribution in [0.25, 0.3) is 0 Å². The van der Waals surface area contributed by atoms with Crippen LogP contribution >= 0.6 is 0 Å². The minimum absolute atomic E-state index is 0.0867. The first-order chi connectivity index (χ1) is 10.7. The molecule has 126 valence electrons. The number of rotatable bonds is 5. The molecule has 1 rings (SSSR count). The lowest BCUT2D eigenvalue weighted by molar-refractivity contribution is -0.742. The molecule has 0 aliphatic rings. The lowest BCUT2D eigenvalue weighted by Gasteiger charge is -2.11. The summed E-state index contributed by atoms with van der Waals surface area (Å²) < 4.78 is 10.1. The van der Waals surface area contributed by atoms with Gasteiger partial charge in [0.05, 0.1) is 20.4 Å². The standard InChI is InChI=1S/C11H14N4O4.HNO3/c1-18-7-4-3-6(5-14-15-11(12)13)8(10(16)17)9(7)19-2;2-1(3)4/h3-5H,1-2H3,(H,16,17)(H4,12,13,15);(H,2,3,4)/b14-5+;. The molecule has 0 radical (unpaired) electrons. The number of benzene rings is 1. The molecule has 0 fully saturated rings. The zero-order chi connectivity index (χ0) is 18.0. The van der Waals surface area contributed by atoms with Crippen molar-refractivity contribution in [3.63, 3.8) is 0 Å². The normalized spacial score (nSPS) is 9.48. The second-order valence-corrected chi connectivity index (χ2v) is 3.58. The van der Waals surface area contributed by atoms with Gasteiger partial charge in [-0.3, -0.25) is 0 Å². The van der Waals surface area contributed by atoms with Crippen molar-refractivity contribution in [2.45, 2.75) is 0 Å². The van der Waals surface area contributed by atoms with Gasteiger partial charge in [0.2, 0.25) is 5.96 Å². The number of aromatic carboxylic acids is 1. The lowest BCUT2D eigenvalue weighted by atomic mass is 10.1. The first-order valence-electron chi connectivity index (χ1n) is 5.68. The summed E-state index contributed by atoms with van der Waals surface area (Å²) >= 11 is 0. The van der Waals surface area contributed by atoms with Crippen LogP contribution < -0.4 is 20.9 Å².